The third-order valence-corrected chi connectivity index (χ3v) is 4.35. The highest BCUT2D eigenvalue weighted by Gasteiger charge is 2.27. The van der Waals surface area contributed by atoms with Crippen molar-refractivity contribution in [3.8, 4) is 6.07 Å². The third-order valence-electron chi connectivity index (χ3n) is 4.35. The van der Waals surface area contributed by atoms with E-state index in [1.54, 1.807) is 6.07 Å². The third kappa shape index (κ3) is 3.36. The predicted molar refractivity (Wildman–Crippen MR) is 77.4 cm³/mol. The summed E-state index contributed by atoms with van der Waals surface area (Å²) in [5, 5.41) is 9.12. The van der Waals surface area contributed by atoms with E-state index >= 15 is 0 Å². The molecule has 0 amide bonds. The summed E-state index contributed by atoms with van der Waals surface area (Å²) < 4.78 is 13.4. The molecule has 0 bridgehead atoms. The van der Waals surface area contributed by atoms with Gasteiger partial charge in [-0.25, -0.2) is 4.39 Å². The van der Waals surface area contributed by atoms with E-state index in [0.717, 1.165) is 12.0 Å². The van der Waals surface area contributed by atoms with Crippen LogP contribution in [0.2, 0.25) is 0 Å². The number of halogens is 1. The fourth-order valence-corrected chi connectivity index (χ4v) is 3.23. The van der Waals surface area contributed by atoms with Gasteiger partial charge in [0.05, 0.1) is 11.6 Å². The van der Waals surface area contributed by atoms with E-state index in [1.807, 2.05) is 7.05 Å². The van der Waals surface area contributed by atoms with Gasteiger partial charge in [0.25, 0.3) is 0 Å². The van der Waals surface area contributed by atoms with E-state index < -0.39 is 0 Å². The SMILES string of the molecule is CN(Cc1cc(F)ccc1C#N)C1CCCCC1CN. The molecule has 1 aliphatic carbocycles. The summed E-state index contributed by atoms with van der Waals surface area (Å²) in [5.74, 6) is 0.222. The Labute approximate surface area is 120 Å². The van der Waals surface area contributed by atoms with E-state index in [9.17, 15) is 4.39 Å². The molecule has 0 heterocycles. The zero-order chi connectivity index (χ0) is 14.5. The van der Waals surface area contributed by atoms with Gasteiger partial charge in [-0.2, -0.15) is 5.26 Å². The molecule has 1 aromatic carbocycles. The lowest BCUT2D eigenvalue weighted by molar-refractivity contribution is 0.127. The molecule has 0 spiro atoms. The van der Waals surface area contributed by atoms with Crippen LogP contribution in [0.4, 0.5) is 4.39 Å². The van der Waals surface area contributed by atoms with Crippen molar-refractivity contribution in [1.29, 1.82) is 5.26 Å². The molecule has 0 aromatic heterocycles. The smallest absolute Gasteiger partial charge is 0.123 e. The van der Waals surface area contributed by atoms with Crippen molar-refractivity contribution in [2.75, 3.05) is 13.6 Å². The van der Waals surface area contributed by atoms with Crippen molar-refractivity contribution < 1.29 is 4.39 Å². The quantitative estimate of drug-likeness (QED) is 0.919. The molecule has 0 radical (unpaired) electrons. The van der Waals surface area contributed by atoms with Gasteiger partial charge in [-0.3, -0.25) is 4.90 Å². The molecule has 1 fully saturated rings. The Morgan fingerprint density at radius 3 is 2.85 bits per heavy atom. The summed E-state index contributed by atoms with van der Waals surface area (Å²) in [6, 6.07) is 6.93. The summed E-state index contributed by atoms with van der Waals surface area (Å²) >= 11 is 0. The van der Waals surface area contributed by atoms with Crippen LogP contribution in [0.5, 0.6) is 0 Å². The van der Waals surface area contributed by atoms with Crippen LogP contribution >= 0.6 is 0 Å². The van der Waals surface area contributed by atoms with Gasteiger partial charge in [-0.15, -0.1) is 0 Å². The number of hydrogen-bond donors (Lipinski definition) is 1. The minimum atomic E-state index is -0.286. The lowest BCUT2D eigenvalue weighted by Crippen LogP contribution is -2.42. The molecule has 2 N–H and O–H groups in total. The average Bonchev–Trinajstić information content (AvgIpc) is 2.47. The van der Waals surface area contributed by atoms with Gasteiger partial charge in [0.15, 0.2) is 0 Å². The van der Waals surface area contributed by atoms with E-state index in [0.29, 0.717) is 30.6 Å². The molecule has 0 saturated heterocycles. The first-order valence-corrected chi connectivity index (χ1v) is 7.24. The van der Waals surface area contributed by atoms with Crippen LogP contribution in [0, 0.1) is 23.1 Å². The van der Waals surface area contributed by atoms with Crippen LogP contribution in [0.3, 0.4) is 0 Å². The Bertz CT molecular complexity index is 495. The van der Waals surface area contributed by atoms with E-state index in [1.165, 1.54) is 31.4 Å². The minimum absolute atomic E-state index is 0.286. The highest BCUT2D eigenvalue weighted by molar-refractivity contribution is 5.37. The Kier molecular flexibility index (Phi) is 5.11. The molecule has 2 atom stereocenters. The Morgan fingerprint density at radius 2 is 2.15 bits per heavy atom. The van der Waals surface area contributed by atoms with Gasteiger partial charge in [0.2, 0.25) is 0 Å². The molecule has 0 aliphatic heterocycles. The predicted octanol–water partition coefficient (Wildman–Crippen LogP) is 2.65. The summed E-state index contributed by atoms with van der Waals surface area (Å²) in [7, 11) is 2.05. The van der Waals surface area contributed by atoms with Crippen molar-refractivity contribution in [1.82, 2.24) is 4.90 Å². The molecule has 3 nitrogen and oxygen atoms in total. The lowest BCUT2D eigenvalue weighted by atomic mass is 9.83. The number of nitriles is 1. The molecule has 1 aromatic rings. The van der Waals surface area contributed by atoms with Crippen molar-refractivity contribution >= 4 is 0 Å². The Morgan fingerprint density at radius 1 is 1.40 bits per heavy atom. The van der Waals surface area contributed by atoms with Crippen LogP contribution in [0.1, 0.15) is 36.8 Å². The largest absolute Gasteiger partial charge is 0.330 e. The summed E-state index contributed by atoms with van der Waals surface area (Å²) in [6.07, 6.45) is 4.77. The zero-order valence-electron chi connectivity index (χ0n) is 12.0. The second-order valence-corrected chi connectivity index (χ2v) is 5.68. The maximum Gasteiger partial charge on any atom is 0.123 e. The molecule has 1 aliphatic rings. The molecule has 1 saturated carbocycles. The van der Waals surface area contributed by atoms with E-state index in [4.69, 9.17) is 11.0 Å². The van der Waals surface area contributed by atoms with Gasteiger partial charge in [0.1, 0.15) is 5.82 Å². The van der Waals surface area contributed by atoms with Crippen molar-refractivity contribution in [3.05, 3.63) is 35.1 Å². The normalized spacial score (nSPS) is 22.8. The van der Waals surface area contributed by atoms with E-state index in [-0.39, 0.29) is 5.82 Å². The average molecular weight is 275 g/mol. The number of hydrogen-bond acceptors (Lipinski definition) is 3. The number of rotatable bonds is 4. The zero-order valence-corrected chi connectivity index (χ0v) is 12.0. The van der Waals surface area contributed by atoms with Crippen LogP contribution in [-0.2, 0) is 6.54 Å². The lowest BCUT2D eigenvalue weighted by Gasteiger charge is -2.37. The van der Waals surface area contributed by atoms with Gasteiger partial charge in [-0.05, 0) is 56.1 Å². The molecule has 108 valence electrons. The van der Waals surface area contributed by atoms with Gasteiger partial charge in [-0.1, -0.05) is 12.8 Å². The topological polar surface area (TPSA) is 53.0 Å². The molecule has 4 heteroatoms. The Balaban J connectivity index is 2.12. The number of benzene rings is 1. The summed E-state index contributed by atoms with van der Waals surface area (Å²) in [4.78, 5) is 2.23. The highest BCUT2D eigenvalue weighted by Crippen LogP contribution is 2.28. The first-order chi connectivity index (χ1) is 9.65. The molecular formula is C16H22FN3. The van der Waals surface area contributed by atoms with Gasteiger partial charge in [0, 0.05) is 12.6 Å². The van der Waals surface area contributed by atoms with E-state index in [2.05, 4.69) is 11.0 Å². The molecule has 20 heavy (non-hydrogen) atoms. The second kappa shape index (κ2) is 6.83. The van der Waals surface area contributed by atoms with Crippen LogP contribution in [0.15, 0.2) is 18.2 Å². The Hall–Kier alpha value is -1.44. The number of nitrogens with zero attached hydrogens (tertiary/aromatic N) is 2. The van der Waals surface area contributed by atoms with Crippen LogP contribution in [0.25, 0.3) is 0 Å². The molecule has 2 unspecified atom stereocenters. The maximum absolute atomic E-state index is 13.4. The molecule has 2 rings (SSSR count). The first kappa shape index (κ1) is 15.0. The minimum Gasteiger partial charge on any atom is -0.330 e. The highest BCUT2D eigenvalue weighted by atomic mass is 19.1. The maximum atomic E-state index is 13.4. The van der Waals surface area contributed by atoms with Crippen molar-refractivity contribution in [2.24, 2.45) is 11.7 Å². The monoisotopic (exact) mass is 275 g/mol. The van der Waals surface area contributed by atoms with Crippen LogP contribution < -0.4 is 5.73 Å². The summed E-state index contributed by atoms with van der Waals surface area (Å²) in [5.41, 5.74) is 7.18. The van der Waals surface area contributed by atoms with Crippen molar-refractivity contribution in [3.63, 3.8) is 0 Å². The van der Waals surface area contributed by atoms with Crippen LogP contribution in [-0.4, -0.2) is 24.5 Å². The fourth-order valence-electron chi connectivity index (χ4n) is 3.23. The standard InChI is InChI=1S/C16H22FN3/c1-20(16-5-3-2-4-13(16)10-19)11-14-8-15(17)7-6-12(14)9-18/h6-8,13,16H,2-5,10-11,19H2,1H3. The molecular weight excluding hydrogens is 253 g/mol. The summed E-state index contributed by atoms with van der Waals surface area (Å²) in [6.45, 7) is 1.30. The van der Waals surface area contributed by atoms with Crippen molar-refractivity contribution in [2.45, 2.75) is 38.3 Å². The number of nitrogens with two attached hydrogens (primary N) is 1. The first-order valence-electron chi connectivity index (χ1n) is 7.24. The second-order valence-electron chi connectivity index (χ2n) is 5.68. The van der Waals surface area contributed by atoms with Gasteiger partial charge < -0.3 is 5.73 Å². The fraction of sp³-hybridized carbons (Fsp3) is 0.562. The van der Waals surface area contributed by atoms with Gasteiger partial charge >= 0.3 is 0 Å².